The molecular weight excluding hydrogens is 429 g/mol. The van der Waals surface area contributed by atoms with Crippen LogP contribution in [-0.2, 0) is 5.41 Å². The molecule has 0 spiro atoms. The van der Waals surface area contributed by atoms with Gasteiger partial charge < -0.3 is 15.5 Å². The molecule has 1 aliphatic carbocycles. The number of alkyl halides is 3. The lowest BCUT2D eigenvalue weighted by Gasteiger charge is -2.49. The minimum absolute atomic E-state index is 0.0489. The number of pyridine rings is 1. The molecule has 0 unspecified atom stereocenters. The van der Waals surface area contributed by atoms with Crippen LogP contribution in [0.15, 0.2) is 42.5 Å². The molecule has 0 aliphatic heterocycles. The fourth-order valence-electron chi connectivity index (χ4n) is 4.65. The summed E-state index contributed by atoms with van der Waals surface area (Å²) in [5, 5.41) is 25.3. The van der Waals surface area contributed by atoms with E-state index in [1.54, 1.807) is 44.2 Å². The summed E-state index contributed by atoms with van der Waals surface area (Å²) in [5.41, 5.74) is -2.01. The number of benzene rings is 2. The van der Waals surface area contributed by atoms with Crippen LogP contribution < -0.4 is 5.32 Å². The zero-order chi connectivity index (χ0) is 22.8. The number of aliphatic hydroxyl groups is 1. The third-order valence-electron chi connectivity index (χ3n) is 6.00. The van der Waals surface area contributed by atoms with Gasteiger partial charge in [0, 0.05) is 22.3 Å². The number of phenolic OH excluding ortho intramolecular Hbond substituents is 1. The maximum Gasteiger partial charge on any atom is 0.419 e. The number of aryl methyl sites for hydroxylation is 1. The molecule has 0 bridgehead atoms. The predicted molar refractivity (Wildman–Crippen MR) is 115 cm³/mol. The average Bonchev–Trinajstić information content (AvgIpc) is 2.65. The van der Waals surface area contributed by atoms with E-state index in [1.165, 1.54) is 12.1 Å². The number of nitrogens with one attached hydrogen (secondary N) is 1. The molecule has 3 N–H and O–H groups in total. The van der Waals surface area contributed by atoms with E-state index in [2.05, 4.69) is 10.3 Å². The maximum atomic E-state index is 14.3. The van der Waals surface area contributed by atoms with Crippen molar-refractivity contribution >= 4 is 28.2 Å². The highest BCUT2D eigenvalue weighted by Crippen LogP contribution is 2.57. The quantitative estimate of drug-likeness (QED) is 0.446. The fraction of sp³-hybridized carbons (Fsp3) is 0.348. The summed E-state index contributed by atoms with van der Waals surface area (Å²) in [7, 11) is 0. The second-order valence-electron chi connectivity index (χ2n) is 8.75. The number of hydrogen-bond donors (Lipinski definition) is 3. The van der Waals surface area contributed by atoms with Gasteiger partial charge in [-0.1, -0.05) is 37.6 Å². The van der Waals surface area contributed by atoms with Gasteiger partial charge in [0.05, 0.1) is 16.6 Å². The molecule has 2 atom stereocenters. The lowest BCUT2D eigenvalue weighted by Crippen LogP contribution is -2.58. The lowest BCUT2D eigenvalue weighted by atomic mass is 9.63. The van der Waals surface area contributed by atoms with Crippen molar-refractivity contribution in [1.29, 1.82) is 0 Å². The number of anilines is 1. The van der Waals surface area contributed by atoms with Crippen LogP contribution in [0.1, 0.15) is 43.1 Å². The first-order valence-corrected chi connectivity index (χ1v) is 10.2. The molecule has 0 radical (unpaired) electrons. The Morgan fingerprint density at radius 3 is 2.52 bits per heavy atom. The molecule has 0 amide bonds. The third kappa shape index (κ3) is 3.40. The predicted octanol–water partition coefficient (Wildman–Crippen LogP) is 6.03. The monoisotopic (exact) mass is 450 g/mol. The highest BCUT2D eigenvalue weighted by molar-refractivity contribution is 6.32. The second-order valence-corrected chi connectivity index (χ2v) is 9.15. The van der Waals surface area contributed by atoms with E-state index in [9.17, 15) is 23.4 Å². The number of aromatic hydroxyl groups is 1. The lowest BCUT2D eigenvalue weighted by molar-refractivity contribution is -0.275. The third-order valence-corrected chi connectivity index (χ3v) is 6.30. The van der Waals surface area contributed by atoms with Crippen molar-refractivity contribution in [3.05, 3.63) is 64.3 Å². The van der Waals surface area contributed by atoms with Crippen molar-refractivity contribution < 1.29 is 23.4 Å². The minimum atomic E-state index is -4.92. The average molecular weight is 451 g/mol. The Morgan fingerprint density at radius 2 is 1.84 bits per heavy atom. The van der Waals surface area contributed by atoms with E-state index in [0.717, 1.165) is 5.69 Å². The van der Waals surface area contributed by atoms with Crippen molar-refractivity contribution in [2.45, 2.75) is 50.4 Å². The summed E-state index contributed by atoms with van der Waals surface area (Å²) in [4.78, 5) is 4.43. The molecule has 8 heteroatoms. The van der Waals surface area contributed by atoms with Crippen molar-refractivity contribution in [3.8, 4) is 5.75 Å². The molecule has 1 aliphatic rings. The Balaban J connectivity index is 1.95. The van der Waals surface area contributed by atoms with Crippen molar-refractivity contribution in [1.82, 2.24) is 4.98 Å². The molecule has 4 nitrogen and oxygen atoms in total. The standard InChI is InChI=1S/C23H22ClF3N2O2/c1-12-7-8-13-16(28-12)5-4-6-17(13)29-20-14-9-10-15(24)19(30)18(14)21(2,3)11-22(20,31)23(25,26)27/h4-10,20,29-31H,11H2,1-3H3/t20-,22-/m1/s1. The topological polar surface area (TPSA) is 65.4 Å². The van der Waals surface area contributed by atoms with E-state index >= 15 is 0 Å². The molecule has 31 heavy (non-hydrogen) atoms. The van der Waals surface area contributed by atoms with Crippen LogP contribution in [0.25, 0.3) is 10.9 Å². The number of fused-ring (bicyclic) bond motifs is 2. The zero-order valence-electron chi connectivity index (χ0n) is 17.2. The number of aromatic nitrogens is 1. The highest BCUT2D eigenvalue weighted by atomic mass is 35.5. The molecule has 3 aromatic rings. The number of rotatable bonds is 2. The first-order valence-electron chi connectivity index (χ1n) is 9.79. The summed E-state index contributed by atoms with van der Waals surface area (Å²) >= 11 is 6.07. The highest BCUT2D eigenvalue weighted by Gasteiger charge is 2.64. The molecule has 0 saturated heterocycles. The molecule has 164 valence electrons. The van der Waals surface area contributed by atoms with Crippen LogP contribution in [0, 0.1) is 6.92 Å². The largest absolute Gasteiger partial charge is 0.506 e. The Hall–Kier alpha value is -2.51. The Labute approximate surface area is 182 Å². The van der Waals surface area contributed by atoms with Crippen LogP contribution in [0.5, 0.6) is 5.75 Å². The zero-order valence-corrected chi connectivity index (χ0v) is 17.9. The van der Waals surface area contributed by atoms with Gasteiger partial charge in [-0.05, 0) is 54.7 Å². The molecule has 1 aromatic heterocycles. The molecule has 0 saturated carbocycles. The summed E-state index contributed by atoms with van der Waals surface area (Å²) in [5.74, 6) is -0.268. The normalized spacial score (nSPS) is 22.9. The van der Waals surface area contributed by atoms with Crippen LogP contribution in [-0.4, -0.2) is 27.0 Å². The molecule has 0 fully saturated rings. The number of nitrogens with zero attached hydrogens (tertiary/aromatic N) is 1. The van der Waals surface area contributed by atoms with Gasteiger partial charge in [-0.15, -0.1) is 0 Å². The van der Waals surface area contributed by atoms with E-state index < -0.39 is 29.7 Å². The minimum Gasteiger partial charge on any atom is -0.506 e. The van der Waals surface area contributed by atoms with E-state index in [4.69, 9.17) is 11.6 Å². The van der Waals surface area contributed by atoms with Gasteiger partial charge in [-0.3, -0.25) is 4.98 Å². The summed E-state index contributed by atoms with van der Waals surface area (Å²) in [6.07, 6.45) is -5.57. The van der Waals surface area contributed by atoms with E-state index in [0.29, 0.717) is 22.2 Å². The first-order chi connectivity index (χ1) is 14.3. The number of hydrogen-bond acceptors (Lipinski definition) is 4. The SMILES string of the molecule is Cc1ccc2c(N[C@@H]3c4ccc(Cl)c(O)c4C(C)(C)C[C@]3(O)C(F)(F)F)cccc2n1. The van der Waals surface area contributed by atoms with Gasteiger partial charge in [0.15, 0.2) is 5.60 Å². The van der Waals surface area contributed by atoms with Crippen LogP contribution in [0.4, 0.5) is 18.9 Å². The summed E-state index contributed by atoms with van der Waals surface area (Å²) < 4.78 is 42.8. The van der Waals surface area contributed by atoms with Crippen LogP contribution in [0.2, 0.25) is 5.02 Å². The molecule has 4 rings (SSSR count). The van der Waals surface area contributed by atoms with Gasteiger partial charge in [0.25, 0.3) is 0 Å². The smallest absolute Gasteiger partial charge is 0.419 e. The van der Waals surface area contributed by atoms with Gasteiger partial charge in [-0.2, -0.15) is 13.2 Å². The molecule has 1 heterocycles. The van der Waals surface area contributed by atoms with E-state index in [-0.39, 0.29) is 16.3 Å². The fourth-order valence-corrected chi connectivity index (χ4v) is 4.81. The Bertz CT molecular complexity index is 1180. The molecular formula is C23H22ClF3N2O2. The van der Waals surface area contributed by atoms with Crippen molar-refractivity contribution in [2.24, 2.45) is 0 Å². The van der Waals surface area contributed by atoms with Gasteiger partial charge in [0.1, 0.15) is 5.75 Å². The number of phenols is 1. The first kappa shape index (κ1) is 21.7. The van der Waals surface area contributed by atoms with Crippen LogP contribution >= 0.6 is 11.6 Å². The van der Waals surface area contributed by atoms with Crippen LogP contribution in [0.3, 0.4) is 0 Å². The van der Waals surface area contributed by atoms with Crippen molar-refractivity contribution in [2.75, 3.05) is 5.32 Å². The number of halogens is 4. The Kier molecular flexibility index (Phi) is 4.90. The van der Waals surface area contributed by atoms with Gasteiger partial charge in [-0.25, -0.2) is 0 Å². The molecule has 2 aromatic carbocycles. The van der Waals surface area contributed by atoms with Gasteiger partial charge in [0.2, 0.25) is 0 Å². The van der Waals surface area contributed by atoms with Crippen molar-refractivity contribution in [3.63, 3.8) is 0 Å². The second kappa shape index (κ2) is 7.00. The maximum absolute atomic E-state index is 14.3. The Morgan fingerprint density at radius 1 is 1.13 bits per heavy atom. The van der Waals surface area contributed by atoms with E-state index in [1.807, 2.05) is 6.92 Å². The van der Waals surface area contributed by atoms with Gasteiger partial charge >= 0.3 is 6.18 Å². The summed E-state index contributed by atoms with van der Waals surface area (Å²) in [6.45, 7) is 4.94. The summed E-state index contributed by atoms with van der Waals surface area (Å²) in [6, 6.07) is 9.86.